The highest BCUT2D eigenvalue weighted by atomic mass is 35.5. The summed E-state index contributed by atoms with van der Waals surface area (Å²) in [5, 5.41) is 12.5. The Labute approximate surface area is 99.4 Å². The molecule has 1 amide bonds. The lowest BCUT2D eigenvalue weighted by Gasteiger charge is -2.11. The molecule has 0 fully saturated rings. The van der Waals surface area contributed by atoms with Gasteiger partial charge in [-0.2, -0.15) is 0 Å². The minimum atomic E-state index is -0.349. The van der Waals surface area contributed by atoms with Crippen molar-refractivity contribution in [2.75, 3.05) is 6.54 Å². The first kappa shape index (κ1) is 12.8. The zero-order valence-corrected chi connectivity index (χ0v) is 9.79. The Hall–Kier alpha value is -1.26. The summed E-state index contributed by atoms with van der Waals surface area (Å²) in [5.74, 6) is -0.479. The summed E-state index contributed by atoms with van der Waals surface area (Å²) < 4.78 is 0. The summed E-state index contributed by atoms with van der Waals surface area (Å²) in [6.07, 6.45) is 0.785. The second-order valence-electron chi connectivity index (χ2n) is 3.54. The smallest absolute Gasteiger partial charge is 0.255 e. The minimum absolute atomic E-state index is 0.0709. The molecule has 5 heteroatoms. The second-order valence-corrected chi connectivity index (χ2v) is 3.98. The molecule has 1 aromatic carbocycles. The van der Waals surface area contributed by atoms with Gasteiger partial charge in [-0.1, -0.05) is 18.5 Å². The molecule has 0 saturated heterocycles. The predicted octanol–water partition coefficient (Wildman–Crippen LogP) is 1.51. The van der Waals surface area contributed by atoms with Gasteiger partial charge >= 0.3 is 0 Å². The predicted molar refractivity (Wildman–Crippen MR) is 63.7 cm³/mol. The number of carbonyl (C=O) groups excluding carboxylic acids is 1. The third-order valence-corrected chi connectivity index (χ3v) is 2.49. The fraction of sp³-hybridized carbons (Fsp3) is 0.364. The lowest BCUT2D eigenvalue weighted by atomic mass is 10.1. The molecule has 16 heavy (non-hydrogen) atoms. The summed E-state index contributed by atoms with van der Waals surface area (Å²) in [6.45, 7) is 2.33. The van der Waals surface area contributed by atoms with Crippen LogP contribution in [-0.4, -0.2) is 23.6 Å². The number of nitrogens with two attached hydrogens (primary N) is 1. The molecule has 0 aliphatic heterocycles. The van der Waals surface area contributed by atoms with Crippen LogP contribution in [0.2, 0.25) is 5.02 Å². The van der Waals surface area contributed by atoms with E-state index in [1.807, 2.05) is 6.92 Å². The summed E-state index contributed by atoms with van der Waals surface area (Å²) in [5.41, 5.74) is 5.86. The van der Waals surface area contributed by atoms with Crippen LogP contribution < -0.4 is 11.1 Å². The van der Waals surface area contributed by atoms with Crippen LogP contribution in [-0.2, 0) is 0 Å². The molecule has 1 unspecified atom stereocenters. The molecule has 0 aliphatic carbocycles. The van der Waals surface area contributed by atoms with E-state index in [-0.39, 0.29) is 23.3 Å². The molecule has 0 spiro atoms. The van der Waals surface area contributed by atoms with E-state index < -0.39 is 0 Å². The summed E-state index contributed by atoms with van der Waals surface area (Å²) in [4.78, 5) is 11.6. The maximum Gasteiger partial charge on any atom is 0.255 e. The van der Waals surface area contributed by atoms with Crippen molar-refractivity contribution >= 4 is 17.5 Å². The molecule has 1 rings (SSSR count). The van der Waals surface area contributed by atoms with Crippen molar-refractivity contribution in [3.8, 4) is 5.75 Å². The van der Waals surface area contributed by atoms with Gasteiger partial charge in [-0.15, -0.1) is 0 Å². The van der Waals surface area contributed by atoms with Gasteiger partial charge in [-0.3, -0.25) is 4.79 Å². The van der Waals surface area contributed by atoms with Gasteiger partial charge in [0.25, 0.3) is 5.91 Å². The number of phenols is 1. The molecule has 4 N–H and O–H groups in total. The number of hydrogen-bond acceptors (Lipinski definition) is 3. The molecule has 0 heterocycles. The van der Waals surface area contributed by atoms with Crippen molar-refractivity contribution in [1.29, 1.82) is 0 Å². The van der Waals surface area contributed by atoms with Gasteiger partial charge in [0, 0.05) is 17.6 Å². The molecule has 0 bridgehead atoms. The topological polar surface area (TPSA) is 75.3 Å². The molecule has 0 aliphatic rings. The van der Waals surface area contributed by atoms with Gasteiger partial charge in [0.1, 0.15) is 5.75 Å². The maximum absolute atomic E-state index is 11.6. The quantitative estimate of drug-likeness (QED) is 0.749. The van der Waals surface area contributed by atoms with Crippen LogP contribution in [0.1, 0.15) is 23.7 Å². The lowest BCUT2D eigenvalue weighted by Crippen LogP contribution is -2.36. The molecule has 1 atom stereocenters. The summed E-state index contributed by atoms with van der Waals surface area (Å²) >= 11 is 5.66. The van der Waals surface area contributed by atoms with Crippen LogP contribution in [0, 0.1) is 0 Å². The molecule has 0 saturated carbocycles. The van der Waals surface area contributed by atoms with E-state index in [9.17, 15) is 9.90 Å². The van der Waals surface area contributed by atoms with Gasteiger partial charge < -0.3 is 16.2 Å². The second kappa shape index (κ2) is 5.72. The van der Waals surface area contributed by atoms with E-state index in [1.165, 1.54) is 12.1 Å². The van der Waals surface area contributed by atoms with Gasteiger partial charge in [0.05, 0.1) is 5.56 Å². The van der Waals surface area contributed by atoms with Crippen LogP contribution in [0.25, 0.3) is 0 Å². The lowest BCUT2D eigenvalue weighted by molar-refractivity contribution is 0.0948. The van der Waals surface area contributed by atoms with Gasteiger partial charge in [0.15, 0.2) is 0 Å². The van der Waals surface area contributed by atoms with Crippen molar-refractivity contribution in [2.45, 2.75) is 19.4 Å². The van der Waals surface area contributed by atoms with Crippen LogP contribution >= 0.6 is 11.6 Å². The maximum atomic E-state index is 11.6. The van der Waals surface area contributed by atoms with E-state index in [4.69, 9.17) is 17.3 Å². The Bertz CT molecular complexity index is 382. The molecular formula is C11H15ClN2O2. The molecule has 1 aromatic rings. The number of amides is 1. The Morgan fingerprint density at radius 2 is 2.31 bits per heavy atom. The minimum Gasteiger partial charge on any atom is -0.507 e. The number of halogens is 1. The molecule has 0 radical (unpaired) electrons. The normalized spacial score (nSPS) is 12.2. The molecule has 0 aromatic heterocycles. The van der Waals surface area contributed by atoms with Crippen LogP contribution in [0.3, 0.4) is 0 Å². The molecular weight excluding hydrogens is 228 g/mol. The van der Waals surface area contributed by atoms with E-state index in [2.05, 4.69) is 5.32 Å². The Kier molecular flexibility index (Phi) is 4.58. The standard InChI is InChI=1S/C11H15ClN2O2/c1-2-8(13)6-14-11(16)9-4-3-7(12)5-10(9)15/h3-5,8,15H,2,6,13H2,1H3,(H,14,16). The highest BCUT2D eigenvalue weighted by Crippen LogP contribution is 2.21. The van der Waals surface area contributed by atoms with Crippen LogP contribution in [0.15, 0.2) is 18.2 Å². The fourth-order valence-corrected chi connectivity index (χ4v) is 1.33. The average Bonchev–Trinajstić information content (AvgIpc) is 2.25. The first-order valence-electron chi connectivity index (χ1n) is 5.07. The van der Waals surface area contributed by atoms with E-state index in [0.29, 0.717) is 11.6 Å². The third-order valence-electron chi connectivity index (χ3n) is 2.25. The zero-order chi connectivity index (χ0) is 12.1. The fourth-order valence-electron chi connectivity index (χ4n) is 1.16. The van der Waals surface area contributed by atoms with Gasteiger partial charge in [-0.25, -0.2) is 0 Å². The summed E-state index contributed by atoms with van der Waals surface area (Å²) in [7, 11) is 0. The monoisotopic (exact) mass is 242 g/mol. The first-order valence-corrected chi connectivity index (χ1v) is 5.44. The number of phenolic OH excluding ortho intramolecular Hbond substituents is 1. The number of aromatic hydroxyl groups is 1. The number of benzene rings is 1. The van der Waals surface area contributed by atoms with Crippen molar-refractivity contribution in [2.24, 2.45) is 5.73 Å². The zero-order valence-electron chi connectivity index (χ0n) is 9.03. The number of nitrogens with one attached hydrogen (secondary N) is 1. The van der Waals surface area contributed by atoms with Crippen LogP contribution in [0.4, 0.5) is 0 Å². The number of hydrogen-bond donors (Lipinski definition) is 3. The van der Waals surface area contributed by atoms with Crippen molar-refractivity contribution in [3.63, 3.8) is 0 Å². The van der Waals surface area contributed by atoms with E-state index >= 15 is 0 Å². The Balaban J connectivity index is 2.66. The third kappa shape index (κ3) is 3.40. The van der Waals surface area contributed by atoms with Crippen LogP contribution in [0.5, 0.6) is 5.75 Å². The van der Waals surface area contributed by atoms with Gasteiger partial charge in [0.2, 0.25) is 0 Å². The van der Waals surface area contributed by atoms with Crippen molar-refractivity contribution < 1.29 is 9.90 Å². The highest BCUT2D eigenvalue weighted by molar-refractivity contribution is 6.30. The van der Waals surface area contributed by atoms with E-state index in [1.54, 1.807) is 6.07 Å². The molecule has 88 valence electrons. The van der Waals surface area contributed by atoms with Gasteiger partial charge in [-0.05, 0) is 24.6 Å². The largest absolute Gasteiger partial charge is 0.507 e. The summed E-state index contributed by atoms with van der Waals surface area (Å²) in [6, 6.07) is 4.29. The first-order chi connectivity index (χ1) is 7.54. The van der Waals surface area contributed by atoms with E-state index in [0.717, 1.165) is 6.42 Å². The number of rotatable bonds is 4. The Morgan fingerprint density at radius 1 is 1.62 bits per heavy atom. The highest BCUT2D eigenvalue weighted by Gasteiger charge is 2.11. The average molecular weight is 243 g/mol. The van der Waals surface area contributed by atoms with Crippen molar-refractivity contribution in [1.82, 2.24) is 5.32 Å². The Morgan fingerprint density at radius 3 is 2.88 bits per heavy atom. The van der Waals surface area contributed by atoms with Crippen molar-refractivity contribution in [3.05, 3.63) is 28.8 Å². The SMILES string of the molecule is CCC(N)CNC(=O)c1ccc(Cl)cc1O. The number of carbonyl (C=O) groups is 1. The molecule has 4 nitrogen and oxygen atoms in total.